The van der Waals surface area contributed by atoms with Crippen molar-refractivity contribution in [2.45, 2.75) is 45.2 Å². The van der Waals surface area contributed by atoms with Crippen molar-refractivity contribution in [3.63, 3.8) is 0 Å². The lowest BCUT2D eigenvalue weighted by atomic mass is 10.1. The molecule has 34 heavy (non-hydrogen) atoms. The monoisotopic (exact) mass is 480 g/mol. The number of pyridine rings is 1. The molecule has 1 aliphatic heterocycles. The molecule has 0 amide bonds. The van der Waals surface area contributed by atoms with E-state index in [1.807, 2.05) is 18.0 Å². The highest BCUT2D eigenvalue weighted by Gasteiger charge is 2.37. The third-order valence-electron chi connectivity index (χ3n) is 5.56. The highest BCUT2D eigenvalue weighted by Crippen LogP contribution is 2.37. The summed E-state index contributed by atoms with van der Waals surface area (Å²) >= 11 is 0. The van der Waals surface area contributed by atoms with Gasteiger partial charge in [-0.05, 0) is 49.5 Å². The minimum atomic E-state index is -4.61. The maximum atomic E-state index is 13.9. The van der Waals surface area contributed by atoms with Crippen LogP contribution in [-0.2, 0) is 11.0 Å². The van der Waals surface area contributed by atoms with Crippen LogP contribution in [0.25, 0.3) is 5.70 Å². The molecule has 0 spiro atoms. The number of alkyl halides is 3. The number of anilines is 1. The molecule has 0 saturated carbocycles. The molecule has 0 bridgehead atoms. The van der Waals surface area contributed by atoms with Gasteiger partial charge in [0.05, 0.1) is 29.3 Å². The van der Waals surface area contributed by atoms with Crippen molar-refractivity contribution >= 4 is 17.7 Å². The lowest BCUT2D eigenvalue weighted by Crippen LogP contribution is -2.34. The van der Waals surface area contributed by atoms with Gasteiger partial charge >= 0.3 is 6.18 Å². The molecule has 0 atom stereocenters. The van der Waals surface area contributed by atoms with Gasteiger partial charge in [-0.2, -0.15) is 13.2 Å². The van der Waals surface area contributed by atoms with Gasteiger partial charge in [-0.3, -0.25) is 4.79 Å². The zero-order chi connectivity index (χ0) is 25.3. The number of hydrogen-bond donors (Lipinski definition) is 2. The van der Waals surface area contributed by atoms with Gasteiger partial charge in [-0.25, -0.2) is 10.8 Å². The van der Waals surface area contributed by atoms with Gasteiger partial charge in [0.1, 0.15) is 6.29 Å². The van der Waals surface area contributed by atoms with Gasteiger partial charge in [-0.15, -0.1) is 0 Å². The molecule has 1 aromatic rings. The summed E-state index contributed by atoms with van der Waals surface area (Å²) in [7, 11) is 3.38. The van der Waals surface area contributed by atoms with E-state index in [1.54, 1.807) is 25.1 Å². The van der Waals surface area contributed by atoms with E-state index >= 15 is 0 Å². The first-order valence-corrected chi connectivity index (χ1v) is 11.4. The van der Waals surface area contributed by atoms with Crippen LogP contribution in [0.3, 0.4) is 0 Å². The quantitative estimate of drug-likeness (QED) is 0.173. The van der Waals surface area contributed by atoms with Crippen molar-refractivity contribution in [3.05, 3.63) is 53.1 Å². The van der Waals surface area contributed by atoms with Crippen molar-refractivity contribution in [1.29, 1.82) is 0 Å². The predicted molar refractivity (Wildman–Crippen MR) is 129 cm³/mol. The zero-order valence-corrected chi connectivity index (χ0v) is 20.1. The Morgan fingerprint density at radius 2 is 1.88 bits per heavy atom. The van der Waals surface area contributed by atoms with Crippen molar-refractivity contribution in [1.82, 2.24) is 14.9 Å². The standard InChI is InChI=1S/C24H35F3N6O/c1-4-9-18(10-8-15-34)16-31(2)17-21(32(3)29)22(28)19-11-12-20(23(30-19)24(25,26)27)33-13-6-5-7-14-33/h8,10-12,15-16H,4-7,9,13-14,17,28-29H2,1-3H3/b10-8-,18-16-,22-21-. The topological polar surface area (TPSA) is 91.7 Å². The van der Waals surface area contributed by atoms with E-state index in [4.69, 9.17) is 11.6 Å². The van der Waals surface area contributed by atoms with Gasteiger partial charge < -0.3 is 20.5 Å². The third-order valence-corrected chi connectivity index (χ3v) is 5.56. The van der Waals surface area contributed by atoms with Crippen LogP contribution in [0.5, 0.6) is 0 Å². The number of carbonyl (C=O) groups is 1. The second kappa shape index (κ2) is 12.5. The Hall–Kier alpha value is -3.01. The molecule has 1 aliphatic rings. The van der Waals surface area contributed by atoms with Crippen molar-refractivity contribution in [2.24, 2.45) is 11.6 Å². The van der Waals surface area contributed by atoms with Crippen LogP contribution in [0.1, 0.15) is 50.4 Å². The largest absolute Gasteiger partial charge is 0.435 e. The fourth-order valence-corrected chi connectivity index (χ4v) is 3.94. The molecule has 4 N–H and O–H groups in total. The second-order valence-electron chi connectivity index (χ2n) is 8.45. The number of rotatable bonds is 10. The van der Waals surface area contributed by atoms with E-state index in [0.717, 1.165) is 37.7 Å². The van der Waals surface area contributed by atoms with E-state index in [1.165, 1.54) is 23.2 Å². The Bertz CT molecular complexity index is 918. The number of halogens is 3. The Balaban J connectivity index is 2.43. The normalized spacial score (nSPS) is 16.0. The van der Waals surface area contributed by atoms with Crippen LogP contribution in [0.4, 0.5) is 18.9 Å². The van der Waals surface area contributed by atoms with Gasteiger partial charge in [-0.1, -0.05) is 19.4 Å². The number of carbonyl (C=O) groups excluding carboxylic acids is 1. The Morgan fingerprint density at radius 3 is 2.44 bits per heavy atom. The Kier molecular flexibility index (Phi) is 9.97. The molecule has 2 heterocycles. The van der Waals surface area contributed by atoms with Gasteiger partial charge in [0.15, 0.2) is 5.69 Å². The summed E-state index contributed by atoms with van der Waals surface area (Å²) in [5.74, 6) is 5.99. The average Bonchev–Trinajstić information content (AvgIpc) is 2.80. The van der Waals surface area contributed by atoms with Crippen LogP contribution in [0, 0.1) is 0 Å². The van der Waals surface area contributed by atoms with Crippen LogP contribution in [0.15, 0.2) is 41.8 Å². The summed E-state index contributed by atoms with van der Waals surface area (Å²) in [5.41, 5.74) is 6.89. The number of nitrogens with zero attached hydrogens (tertiary/aromatic N) is 4. The van der Waals surface area contributed by atoms with Gasteiger partial charge in [0, 0.05) is 33.4 Å². The molecule has 0 aromatic carbocycles. The van der Waals surface area contributed by atoms with Crippen LogP contribution < -0.4 is 16.5 Å². The molecular formula is C24H35F3N6O. The molecule has 0 radical (unpaired) electrons. The van der Waals surface area contributed by atoms with E-state index in [-0.39, 0.29) is 23.6 Å². The molecule has 188 valence electrons. The van der Waals surface area contributed by atoms with Crippen molar-refractivity contribution in [2.75, 3.05) is 38.6 Å². The molecule has 1 aromatic heterocycles. The second-order valence-corrected chi connectivity index (χ2v) is 8.45. The zero-order valence-electron chi connectivity index (χ0n) is 20.1. The van der Waals surface area contributed by atoms with Gasteiger partial charge in [0.25, 0.3) is 0 Å². The van der Waals surface area contributed by atoms with E-state index in [9.17, 15) is 18.0 Å². The number of likely N-dealkylation sites (N-methyl/N-ethyl adjacent to an activating group) is 2. The molecule has 7 nitrogen and oxygen atoms in total. The summed E-state index contributed by atoms with van der Waals surface area (Å²) in [6.45, 7) is 3.40. The van der Waals surface area contributed by atoms with Crippen LogP contribution in [-0.4, -0.2) is 54.9 Å². The average molecular weight is 481 g/mol. The number of hydrogen-bond acceptors (Lipinski definition) is 7. The first-order valence-electron chi connectivity index (χ1n) is 11.4. The van der Waals surface area contributed by atoms with Crippen LogP contribution >= 0.6 is 0 Å². The number of aromatic nitrogens is 1. The molecule has 0 unspecified atom stereocenters. The maximum Gasteiger partial charge on any atom is 0.435 e. The third kappa shape index (κ3) is 7.51. The molecular weight excluding hydrogens is 445 g/mol. The lowest BCUT2D eigenvalue weighted by molar-refractivity contribution is -0.140. The van der Waals surface area contributed by atoms with E-state index in [2.05, 4.69) is 4.98 Å². The van der Waals surface area contributed by atoms with Gasteiger partial charge in [0.2, 0.25) is 0 Å². The summed E-state index contributed by atoms with van der Waals surface area (Å²) < 4.78 is 41.7. The highest BCUT2D eigenvalue weighted by molar-refractivity contribution is 5.66. The minimum absolute atomic E-state index is 0.0207. The summed E-state index contributed by atoms with van der Waals surface area (Å²) in [6, 6.07) is 2.97. The SMILES string of the molecule is CCCC(/C=C\C=O)=C/N(C)C/C(=C(/N)c1ccc(N2CCCCC2)c(C(F)(F)F)n1)N(C)N. The maximum absolute atomic E-state index is 13.9. The smallest absolute Gasteiger partial charge is 0.395 e. The summed E-state index contributed by atoms with van der Waals surface area (Å²) in [5, 5.41) is 1.29. The number of allylic oxidation sites excluding steroid dienone is 3. The number of piperidine rings is 1. The number of hydrazine groups is 1. The van der Waals surface area contributed by atoms with Crippen LogP contribution in [0.2, 0.25) is 0 Å². The van der Waals surface area contributed by atoms with Crippen molar-refractivity contribution in [3.8, 4) is 0 Å². The number of aldehydes is 1. The molecule has 1 saturated heterocycles. The minimum Gasteiger partial charge on any atom is -0.395 e. The Labute approximate surface area is 199 Å². The predicted octanol–water partition coefficient (Wildman–Crippen LogP) is 3.89. The van der Waals surface area contributed by atoms with Crippen molar-refractivity contribution < 1.29 is 18.0 Å². The fourth-order valence-electron chi connectivity index (χ4n) is 3.94. The first kappa shape index (κ1) is 27.2. The molecule has 10 heteroatoms. The van der Waals surface area contributed by atoms with E-state index < -0.39 is 11.9 Å². The molecule has 0 aliphatic carbocycles. The Morgan fingerprint density at radius 1 is 1.21 bits per heavy atom. The first-order chi connectivity index (χ1) is 16.1. The lowest BCUT2D eigenvalue weighted by Gasteiger charge is -2.31. The number of nitrogens with two attached hydrogens (primary N) is 2. The highest BCUT2D eigenvalue weighted by atomic mass is 19.4. The summed E-state index contributed by atoms with van der Waals surface area (Å²) in [6.07, 6.45) is 5.45. The van der Waals surface area contributed by atoms with E-state index in [0.29, 0.717) is 25.1 Å². The molecule has 2 rings (SSSR count). The fraction of sp³-hybridized carbons (Fsp3) is 0.500. The summed E-state index contributed by atoms with van der Waals surface area (Å²) in [4.78, 5) is 18.2. The molecule has 1 fully saturated rings.